The van der Waals surface area contributed by atoms with Crippen LogP contribution in [0.4, 0.5) is 0 Å². The largest absolute Gasteiger partial charge is 0.504 e. The first kappa shape index (κ1) is 13.3. The summed E-state index contributed by atoms with van der Waals surface area (Å²) in [6, 6.07) is 4.34. The Morgan fingerprint density at radius 1 is 1.47 bits per heavy atom. The average molecular weight is 240 g/mol. The number of benzene rings is 1. The van der Waals surface area contributed by atoms with Crippen molar-refractivity contribution in [2.75, 3.05) is 7.11 Å². The van der Waals surface area contributed by atoms with Crippen molar-refractivity contribution in [1.82, 2.24) is 0 Å². The number of aliphatic hydroxyl groups is 1. The van der Waals surface area contributed by atoms with Crippen LogP contribution >= 0.6 is 0 Å². The summed E-state index contributed by atoms with van der Waals surface area (Å²) in [6.07, 6.45) is -0.835. The van der Waals surface area contributed by atoms with Crippen LogP contribution in [-0.4, -0.2) is 28.4 Å². The van der Waals surface area contributed by atoms with Gasteiger partial charge in [-0.2, -0.15) is 0 Å². The highest BCUT2D eigenvalue weighted by Crippen LogP contribution is 2.32. The van der Waals surface area contributed by atoms with Crippen LogP contribution in [0.25, 0.3) is 0 Å². The van der Waals surface area contributed by atoms with E-state index >= 15 is 0 Å². The van der Waals surface area contributed by atoms with Gasteiger partial charge in [0, 0.05) is 0 Å². The second-order valence-electron chi connectivity index (χ2n) is 3.73. The third-order valence-corrected chi connectivity index (χ3v) is 2.68. The third kappa shape index (κ3) is 2.88. The highest BCUT2D eigenvalue weighted by molar-refractivity contribution is 5.71. The van der Waals surface area contributed by atoms with Gasteiger partial charge in [-0.05, 0) is 24.1 Å². The Labute approximate surface area is 99.3 Å². The molecule has 0 aliphatic heterocycles. The van der Waals surface area contributed by atoms with Gasteiger partial charge in [-0.1, -0.05) is 13.0 Å². The number of hydrogen-bond acceptors (Lipinski definition) is 4. The second-order valence-corrected chi connectivity index (χ2v) is 3.73. The molecule has 0 aliphatic carbocycles. The number of methoxy groups -OCH3 is 1. The highest BCUT2D eigenvalue weighted by atomic mass is 16.5. The molecule has 0 saturated carbocycles. The van der Waals surface area contributed by atoms with E-state index in [0.717, 1.165) is 0 Å². The first-order chi connectivity index (χ1) is 8.01. The van der Waals surface area contributed by atoms with E-state index in [1.165, 1.54) is 25.3 Å². The first-order valence-electron chi connectivity index (χ1n) is 5.29. The number of ether oxygens (including phenoxy) is 1. The van der Waals surface area contributed by atoms with Crippen LogP contribution in [0.3, 0.4) is 0 Å². The number of phenolic OH excluding ortho intramolecular Hbond substituents is 1. The van der Waals surface area contributed by atoms with E-state index in [2.05, 4.69) is 0 Å². The molecule has 0 bridgehead atoms. The van der Waals surface area contributed by atoms with Gasteiger partial charge in [0.25, 0.3) is 0 Å². The number of aromatic hydroxyl groups is 1. The van der Waals surface area contributed by atoms with Gasteiger partial charge in [0.05, 0.1) is 19.1 Å². The maximum absolute atomic E-state index is 10.9. The zero-order valence-electron chi connectivity index (χ0n) is 9.75. The van der Waals surface area contributed by atoms with E-state index < -0.39 is 18.0 Å². The Balaban J connectivity index is 2.99. The number of phenols is 1. The van der Waals surface area contributed by atoms with Gasteiger partial charge in [0.2, 0.25) is 0 Å². The molecule has 2 atom stereocenters. The van der Waals surface area contributed by atoms with Crippen LogP contribution in [0.2, 0.25) is 0 Å². The molecule has 1 aromatic rings. The lowest BCUT2D eigenvalue weighted by Crippen LogP contribution is -2.21. The SMILES string of the molecule is CCC(C(=O)O)C(O)c1ccc(OC)c(O)c1. The van der Waals surface area contributed by atoms with Crippen molar-refractivity contribution in [3.63, 3.8) is 0 Å². The molecule has 5 nitrogen and oxygen atoms in total. The molecule has 0 fully saturated rings. The van der Waals surface area contributed by atoms with Gasteiger partial charge in [-0.15, -0.1) is 0 Å². The number of aliphatic hydroxyl groups excluding tert-OH is 1. The molecule has 1 rings (SSSR count). The smallest absolute Gasteiger partial charge is 0.309 e. The molecule has 0 amide bonds. The fraction of sp³-hybridized carbons (Fsp3) is 0.417. The molecule has 0 saturated heterocycles. The minimum atomic E-state index is -1.14. The topological polar surface area (TPSA) is 87.0 Å². The Morgan fingerprint density at radius 2 is 2.12 bits per heavy atom. The first-order valence-corrected chi connectivity index (χ1v) is 5.29. The van der Waals surface area contributed by atoms with E-state index in [4.69, 9.17) is 9.84 Å². The molecule has 1 aromatic carbocycles. The van der Waals surface area contributed by atoms with Crippen LogP contribution < -0.4 is 4.74 Å². The summed E-state index contributed by atoms with van der Waals surface area (Å²) in [5.74, 6) is -1.79. The second kappa shape index (κ2) is 5.54. The predicted octanol–water partition coefficient (Wildman–Crippen LogP) is 1.54. The highest BCUT2D eigenvalue weighted by Gasteiger charge is 2.26. The van der Waals surface area contributed by atoms with Gasteiger partial charge < -0.3 is 20.1 Å². The van der Waals surface area contributed by atoms with Gasteiger partial charge >= 0.3 is 5.97 Å². The molecule has 0 aromatic heterocycles. The molecule has 0 heterocycles. The van der Waals surface area contributed by atoms with Gasteiger partial charge in [-0.25, -0.2) is 0 Å². The molecular formula is C12H16O5. The van der Waals surface area contributed by atoms with Crippen LogP contribution in [0, 0.1) is 5.92 Å². The molecule has 0 aliphatic rings. The summed E-state index contributed by atoms with van der Waals surface area (Å²) in [6.45, 7) is 1.69. The van der Waals surface area contributed by atoms with E-state index in [9.17, 15) is 15.0 Å². The number of carboxylic acids is 1. The Kier molecular flexibility index (Phi) is 4.34. The molecular weight excluding hydrogens is 224 g/mol. The summed E-state index contributed by atoms with van der Waals surface area (Å²) in [7, 11) is 1.41. The Bertz CT molecular complexity index is 402. The number of rotatable bonds is 5. The summed E-state index contributed by atoms with van der Waals surface area (Å²) in [4.78, 5) is 10.9. The van der Waals surface area contributed by atoms with Crippen molar-refractivity contribution < 1.29 is 24.9 Å². The minimum Gasteiger partial charge on any atom is -0.504 e. The van der Waals surface area contributed by atoms with Crippen LogP contribution in [0.1, 0.15) is 25.0 Å². The fourth-order valence-corrected chi connectivity index (χ4v) is 1.66. The van der Waals surface area contributed by atoms with Gasteiger partial charge in [-0.3, -0.25) is 4.79 Å². The lowest BCUT2D eigenvalue weighted by Gasteiger charge is -2.18. The predicted molar refractivity (Wildman–Crippen MR) is 61.0 cm³/mol. The molecule has 2 unspecified atom stereocenters. The Hall–Kier alpha value is -1.75. The van der Waals surface area contributed by atoms with E-state index in [1.54, 1.807) is 6.92 Å². The number of hydrogen-bond donors (Lipinski definition) is 3. The summed E-state index contributed by atoms with van der Waals surface area (Å²) >= 11 is 0. The standard InChI is InChI=1S/C12H16O5/c1-3-8(12(15)16)11(14)7-4-5-10(17-2)9(13)6-7/h4-6,8,11,13-14H,3H2,1-2H3,(H,15,16). The van der Waals surface area contributed by atoms with E-state index in [1.807, 2.05) is 0 Å². The summed E-state index contributed by atoms with van der Waals surface area (Å²) < 4.78 is 4.87. The quantitative estimate of drug-likeness (QED) is 0.726. The normalized spacial score (nSPS) is 14.1. The summed E-state index contributed by atoms with van der Waals surface area (Å²) in [5.41, 5.74) is 0.359. The zero-order chi connectivity index (χ0) is 13.0. The lowest BCUT2D eigenvalue weighted by molar-refractivity contribution is -0.146. The van der Waals surface area contributed by atoms with Gasteiger partial charge in [0.15, 0.2) is 11.5 Å². The van der Waals surface area contributed by atoms with Gasteiger partial charge in [0.1, 0.15) is 0 Å². The van der Waals surface area contributed by atoms with Crippen LogP contribution in [0.15, 0.2) is 18.2 Å². The van der Waals surface area contributed by atoms with Crippen molar-refractivity contribution in [3.8, 4) is 11.5 Å². The Morgan fingerprint density at radius 3 is 2.53 bits per heavy atom. The van der Waals surface area contributed by atoms with E-state index in [0.29, 0.717) is 12.0 Å². The maximum atomic E-state index is 10.9. The number of carboxylic acid groups (broad SMARTS) is 1. The fourth-order valence-electron chi connectivity index (χ4n) is 1.66. The third-order valence-electron chi connectivity index (χ3n) is 2.68. The number of aliphatic carboxylic acids is 1. The molecule has 0 radical (unpaired) electrons. The molecule has 17 heavy (non-hydrogen) atoms. The lowest BCUT2D eigenvalue weighted by atomic mass is 9.93. The van der Waals surface area contributed by atoms with Crippen molar-refractivity contribution in [2.45, 2.75) is 19.4 Å². The average Bonchev–Trinajstić information content (AvgIpc) is 2.29. The summed E-state index contributed by atoms with van der Waals surface area (Å²) in [5, 5.41) is 28.4. The molecule has 5 heteroatoms. The molecule has 3 N–H and O–H groups in total. The van der Waals surface area contributed by atoms with Crippen molar-refractivity contribution >= 4 is 5.97 Å². The minimum absolute atomic E-state index is 0.121. The van der Waals surface area contributed by atoms with Crippen molar-refractivity contribution in [2.24, 2.45) is 5.92 Å². The van der Waals surface area contributed by atoms with E-state index in [-0.39, 0.29) is 11.5 Å². The number of carbonyl (C=O) groups is 1. The van der Waals surface area contributed by atoms with Crippen LogP contribution in [-0.2, 0) is 4.79 Å². The zero-order valence-corrected chi connectivity index (χ0v) is 9.75. The monoisotopic (exact) mass is 240 g/mol. The molecule has 0 spiro atoms. The van der Waals surface area contributed by atoms with Crippen LogP contribution in [0.5, 0.6) is 11.5 Å². The maximum Gasteiger partial charge on any atom is 0.309 e. The van der Waals surface area contributed by atoms with Crippen molar-refractivity contribution in [3.05, 3.63) is 23.8 Å². The van der Waals surface area contributed by atoms with Crippen molar-refractivity contribution in [1.29, 1.82) is 0 Å². The molecule has 94 valence electrons.